The minimum atomic E-state index is -0.811. The molecule has 0 aliphatic heterocycles. The Hall–Kier alpha value is -1.56. The van der Waals surface area contributed by atoms with Gasteiger partial charge in [-0.2, -0.15) is 0 Å². The highest BCUT2D eigenvalue weighted by Crippen LogP contribution is 2.14. The molecule has 19 heavy (non-hydrogen) atoms. The second kappa shape index (κ2) is 7.78. The van der Waals surface area contributed by atoms with Gasteiger partial charge in [0.1, 0.15) is 5.76 Å². The lowest BCUT2D eigenvalue weighted by atomic mass is 10.1. The van der Waals surface area contributed by atoms with Gasteiger partial charge in [-0.3, -0.25) is 9.59 Å². The molecule has 1 heterocycles. The zero-order chi connectivity index (χ0) is 14.3. The van der Waals surface area contributed by atoms with E-state index in [1.165, 1.54) is 6.08 Å². The molecule has 0 saturated carbocycles. The van der Waals surface area contributed by atoms with Crippen molar-refractivity contribution in [2.24, 2.45) is 5.92 Å². The highest BCUT2D eigenvalue weighted by molar-refractivity contribution is 9.10. The predicted molar refractivity (Wildman–Crippen MR) is 74.5 cm³/mol. The summed E-state index contributed by atoms with van der Waals surface area (Å²) in [5.41, 5.74) is 0. The molecule has 1 aromatic heterocycles. The first-order chi connectivity index (χ1) is 8.99. The molecule has 0 aliphatic rings. The number of carbonyl (C=O) groups excluding carboxylic acids is 1. The number of carboxylic acid groups (broad SMARTS) is 1. The van der Waals surface area contributed by atoms with Gasteiger partial charge in [-0.15, -0.1) is 0 Å². The maximum absolute atomic E-state index is 11.4. The summed E-state index contributed by atoms with van der Waals surface area (Å²) in [7, 11) is 0. The second-order valence-electron chi connectivity index (χ2n) is 4.15. The van der Waals surface area contributed by atoms with Crippen molar-refractivity contribution in [1.29, 1.82) is 0 Å². The number of furan rings is 1. The first-order valence-corrected chi connectivity index (χ1v) is 6.72. The third-order valence-electron chi connectivity index (χ3n) is 2.53. The van der Waals surface area contributed by atoms with Crippen LogP contribution in [-0.2, 0) is 9.59 Å². The topological polar surface area (TPSA) is 79.5 Å². The van der Waals surface area contributed by atoms with Gasteiger partial charge >= 0.3 is 5.97 Å². The van der Waals surface area contributed by atoms with Gasteiger partial charge < -0.3 is 14.8 Å². The van der Waals surface area contributed by atoms with Crippen molar-refractivity contribution in [1.82, 2.24) is 5.32 Å². The molecule has 1 atom stereocenters. The van der Waals surface area contributed by atoms with Crippen molar-refractivity contribution in [3.05, 3.63) is 28.6 Å². The van der Waals surface area contributed by atoms with Crippen LogP contribution in [0.5, 0.6) is 0 Å². The first-order valence-electron chi connectivity index (χ1n) is 5.93. The Bertz CT molecular complexity index is 467. The Labute approximate surface area is 119 Å². The van der Waals surface area contributed by atoms with E-state index in [9.17, 15) is 9.59 Å². The molecule has 0 fully saturated rings. The van der Waals surface area contributed by atoms with Crippen molar-refractivity contribution in [2.75, 3.05) is 6.54 Å². The maximum Gasteiger partial charge on any atom is 0.306 e. The third-order valence-corrected chi connectivity index (χ3v) is 2.95. The van der Waals surface area contributed by atoms with Gasteiger partial charge in [0.2, 0.25) is 5.91 Å². The molecule has 0 aromatic carbocycles. The molecule has 5 nitrogen and oxygen atoms in total. The molecule has 1 rings (SSSR count). The number of nitrogens with one attached hydrogen (secondary N) is 1. The molecule has 1 amide bonds. The van der Waals surface area contributed by atoms with Crippen molar-refractivity contribution in [2.45, 2.75) is 19.8 Å². The van der Waals surface area contributed by atoms with E-state index in [2.05, 4.69) is 21.2 Å². The van der Waals surface area contributed by atoms with Crippen molar-refractivity contribution < 1.29 is 19.1 Å². The Morgan fingerprint density at radius 3 is 2.84 bits per heavy atom. The highest BCUT2D eigenvalue weighted by Gasteiger charge is 2.09. The van der Waals surface area contributed by atoms with Crippen LogP contribution in [0.3, 0.4) is 0 Å². The maximum atomic E-state index is 11.4. The Morgan fingerprint density at radius 2 is 2.26 bits per heavy atom. The van der Waals surface area contributed by atoms with Gasteiger partial charge in [-0.1, -0.05) is 6.92 Å². The predicted octanol–water partition coefficient (Wildman–Crippen LogP) is 2.67. The number of rotatable bonds is 7. The van der Waals surface area contributed by atoms with Gasteiger partial charge in [-0.05, 0) is 47.0 Å². The van der Waals surface area contributed by atoms with Crippen molar-refractivity contribution in [3.63, 3.8) is 0 Å². The first kappa shape index (κ1) is 15.5. The molecule has 0 bridgehead atoms. The fourth-order valence-electron chi connectivity index (χ4n) is 1.38. The van der Waals surface area contributed by atoms with Crippen LogP contribution in [0.25, 0.3) is 6.08 Å². The standard InChI is InChI=1S/C13H16BrNO4/c1-9(13(17)18)3-2-8-15-12(16)7-5-10-4-6-11(14)19-10/h4-7,9H,2-3,8H2,1H3,(H,15,16)(H,17,18)/b7-5+. The van der Waals surface area contributed by atoms with E-state index >= 15 is 0 Å². The summed E-state index contributed by atoms with van der Waals surface area (Å²) in [6.07, 6.45) is 4.13. The molecular formula is C13H16BrNO4. The minimum Gasteiger partial charge on any atom is -0.481 e. The van der Waals surface area contributed by atoms with Crippen LogP contribution in [0.4, 0.5) is 0 Å². The molecule has 0 spiro atoms. The molecule has 0 saturated heterocycles. The molecule has 2 N–H and O–H groups in total. The highest BCUT2D eigenvalue weighted by atomic mass is 79.9. The van der Waals surface area contributed by atoms with E-state index in [0.29, 0.717) is 29.8 Å². The summed E-state index contributed by atoms with van der Waals surface area (Å²) in [6.45, 7) is 2.11. The monoisotopic (exact) mass is 329 g/mol. The summed E-state index contributed by atoms with van der Waals surface area (Å²) < 4.78 is 5.81. The average Bonchev–Trinajstić information content (AvgIpc) is 2.77. The van der Waals surface area contributed by atoms with Gasteiger partial charge in [0.15, 0.2) is 4.67 Å². The average molecular weight is 330 g/mol. The molecular weight excluding hydrogens is 314 g/mol. The number of amides is 1. The number of hydrogen-bond acceptors (Lipinski definition) is 3. The van der Waals surface area contributed by atoms with Gasteiger partial charge in [0, 0.05) is 12.6 Å². The summed E-state index contributed by atoms with van der Waals surface area (Å²) in [4.78, 5) is 22.0. The van der Waals surface area contributed by atoms with Crippen LogP contribution in [0, 0.1) is 5.92 Å². The lowest BCUT2D eigenvalue weighted by Gasteiger charge is -2.05. The normalized spacial score (nSPS) is 12.5. The fraction of sp³-hybridized carbons (Fsp3) is 0.385. The van der Waals surface area contributed by atoms with Crippen molar-refractivity contribution in [3.8, 4) is 0 Å². The van der Waals surface area contributed by atoms with Crippen LogP contribution in [0.15, 0.2) is 27.3 Å². The van der Waals surface area contributed by atoms with Crippen LogP contribution < -0.4 is 5.32 Å². The summed E-state index contributed by atoms with van der Waals surface area (Å²) >= 11 is 3.17. The van der Waals surface area contributed by atoms with E-state index < -0.39 is 5.97 Å². The van der Waals surface area contributed by atoms with Gasteiger partial charge in [0.05, 0.1) is 5.92 Å². The number of halogens is 1. The van der Waals surface area contributed by atoms with E-state index in [1.54, 1.807) is 25.1 Å². The minimum absolute atomic E-state index is 0.226. The third kappa shape index (κ3) is 6.24. The van der Waals surface area contributed by atoms with Gasteiger partial charge in [0.25, 0.3) is 0 Å². The quantitative estimate of drug-likeness (QED) is 0.595. The molecule has 1 unspecified atom stereocenters. The SMILES string of the molecule is CC(CCCNC(=O)/C=C/c1ccc(Br)o1)C(=O)O. The summed E-state index contributed by atoms with van der Waals surface area (Å²) in [5.74, 6) is -0.834. The van der Waals surface area contributed by atoms with Gasteiger partial charge in [-0.25, -0.2) is 0 Å². The van der Waals surface area contributed by atoms with E-state index in [4.69, 9.17) is 9.52 Å². The lowest BCUT2D eigenvalue weighted by Crippen LogP contribution is -2.23. The van der Waals surface area contributed by atoms with E-state index in [1.807, 2.05) is 0 Å². The Kier molecular flexibility index (Phi) is 6.35. The number of hydrogen-bond donors (Lipinski definition) is 2. The number of aliphatic carboxylic acids is 1. The van der Waals surface area contributed by atoms with E-state index in [0.717, 1.165) is 0 Å². The second-order valence-corrected chi connectivity index (χ2v) is 4.93. The number of carbonyl (C=O) groups is 2. The molecule has 104 valence electrons. The van der Waals surface area contributed by atoms with Crippen molar-refractivity contribution >= 4 is 33.9 Å². The largest absolute Gasteiger partial charge is 0.481 e. The van der Waals surface area contributed by atoms with Crippen LogP contribution >= 0.6 is 15.9 Å². The zero-order valence-corrected chi connectivity index (χ0v) is 12.1. The molecule has 1 aromatic rings. The zero-order valence-electron chi connectivity index (χ0n) is 10.6. The number of carboxylic acids is 1. The van der Waals surface area contributed by atoms with Crippen LogP contribution in [-0.4, -0.2) is 23.5 Å². The molecule has 6 heteroatoms. The smallest absolute Gasteiger partial charge is 0.306 e. The fourth-order valence-corrected chi connectivity index (χ4v) is 1.70. The summed E-state index contributed by atoms with van der Waals surface area (Å²) in [6, 6.07) is 3.48. The van der Waals surface area contributed by atoms with Crippen LogP contribution in [0.1, 0.15) is 25.5 Å². The molecule has 0 radical (unpaired) electrons. The molecule has 0 aliphatic carbocycles. The van der Waals surface area contributed by atoms with Crippen LogP contribution in [0.2, 0.25) is 0 Å². The Morgan fingerprint density at radius 1 is 1.53 bits per heavy atom. The Balaban J connectivity index is 2.21. The van der Waals surface area contributed by atoms with E-state index in [-0.39, 0.29) is 11.8 Å². The summed E-state index contributed by atoms with van der Waals surface area (Å²) in [5, 5.41) is 11.4. The lowest BCUT2D eigenvalue weighted by molar-refractivity contribution is -0.141.